The van der Waals surface area contributed by atoms with Crippen molar-refractivity contribution in [2.24, 2.45) is 5.73 Å². The second-order valence-corrected chi connectivity index (χ2v) is 5.40. The van der Waals surface area contributed by atoms with Crippen molar-refractivity contribution in [2.75, 3.05) is 0 Å². The van der Waals surface area contributed by atoms with Crippen LogP contribution in [0, 0.1) is 6.92 Å². The summed E-state index contributed by atoms with van der Waals surface area (Å²) in [7, 11) is 0. The molecule has 0 spiro atoms. The summed E-state index contributed by atoms with van der Waals surface area (Å²) in [6.45, 7) is 2.92. The molecule has 1 heterocycles. The Balaban J connectivity index is 2.13. The van der Waals surface area contributed by atoms with E-state index in [1.54, 1.807) is 11.3 Å². The van der Waals surface area contributed by atoms with Crippen LogP contribution in [-0.2, 0) is 13.2 Å². The molecule has 2 N–H and O–H groups in total. The predicted octanol–water partition coefficient (Wildman–Crippen LogP) is 3.25. The van der Waals surface area contributed by atoms with Crippen LogP contribution in [0.15, 0.2) is 28.1 Å². The second-order valence-electron chi connectivity index (χ2n) is 3.60. The summed E-state index contributed by atoms with van der Waals surface area (Å²) in [4.78, 5) is 4.36. The standard InChI is InChI=1S/C12H13BrN2OS/c1-8-7-17-11(15-8)6-16-12-9(5-14)3-2-4-10(12)13/h2-4,7H,5-6,14H2,1H3. The molecule has 0 saturated carbocycles. The number of rotatable bonds is 4. The van der Waals surface area contributed by atoms with E-state index >= 15 is 0 Å². The molecule has 5 heteroatoms. The van der Waals surface area contributed by atoms with Crippen molar-refractivity contribution in [3.05, 3.63) is 44.3 Å². The van der Waals surface area contributed by atoms with Crippen molar-refractivity contribution in [1.82, 2.24) is 4.98 Å². The number of thiazole rings is 1. The lowest BCUT2D eigenvalue weighted by Gasteiger charge is -2.10. The Hall–Kier alpha value is -0.910. The summed E-state index contributed by atoms with van der Waals surface area (Å²) < 4.78 is 6.70. The molecule has 3 nitrogen and oxygen atoms in total. The minimum atomic E-state index is 0.464. The van der Waals surface area contributed by atoms with Gasteiger partial charge in [-0.05, 0) is 28.9 Å². The molecule has 0 bridgehead atoms. The van der Waals surface area contributed by atoms with Crippen molar-refractivity contribution in [2.45, 2.75) is 20.1 Å². The van der Waals surface area contributed by atoms with Gasteiger partial charge >= 0.3 is 0 Å². The molecule has 0 atom stereocenters. The first-order valence-electron chi connectivity index (χ1n) is 5.22. The normalized spacial score (nSPS) is 10.5. The highest BCUT2D eigenvalue weighted by atomic mass is 79.9. The van der Waals surface area contributed by atoms with Crippen LogP contribution in [0.3, 0.4) is 0 Å². The Morgan fingerprint density at radius 2 is 2.29 bits per heavy atom. The Kier molecular flexibility index (Phi) is 4.15. The highest BCUT2D eigenvalue weighted by molar-refractivity contribution is 9.10. The number of benzene rings is 1. The van der Waals surface area contributed by atoms with Crippen molar-refractivity contribution < 1.29 is 4.74 Å². The predicted molar refractivity (Wildman–Crippen MR) is 73.2 cm³/mol. The zero-order chi connectivity index (χ0) is 12.3. The highest BCUT2D eigenvalue weighted by Gasteiger charge is 2.08. The van der Waals surface area contributed by atoms with Crippen LogP contribution >= 0.6 is 27.3 Å². The number of nitrogens with zero attached hydrogens (tertiary/aromatic N) is 1. The molecule has 0 fully saturated rings. The van der Waals surface area contributed by atoms with Crippen LogP contribution in [0.5, 0.6) is 5.75 Å². The van der Waals surface area contributed by atoms with E-state index in [0.29, 0.717) is 13.2 Å². The van der Waals surface area contributed by atoms with Crippen molar-refractivity contribution >= 4 is 27.3 Å². The summed E-state index contributed by atoms with van der Waals surface area (Å²) in [6, 6.07) is 5.86. The number of nitrogens with two attached hydrogens (primary N) is 1. The molecule has 0 saturated heterocycles. The van der Waals surface area contributed by atoms with E-state index in [9.17, 15) is 0 Å². The lowest BCUT2D eigenvalue weighted by Crippen LogP contribution is -2.03. The van der Waals surface area contributed by atoms with Gasteiger partial charge in [0.1, 0.15) is 17.4 Å². The van der Waals surface area contributed by atoms with Crippen LogP contribution in [0.4, 0.5) is 0 Å². The van der Waals surface area contributed by atoms with Crippen LogP contribution < -0.4 is 10.5 Å². The maximum Gasteiger partial charge on any atom is 0.140 e. The largest absolute Gasteiger partial charge is 0.485 e. The molecule has 0 unspecified atom stereocenters. The van der Waals surface area contributed by atoms with Gasteiger partial charge in [0, 0.05) is 23.2 Å². The van der Waals surface area contributed by atoms with E-state index in [4.69, 9.17) is 10.5 Å². The molecule has 1 aromatic carbocycles. The molecule has 17 heavy (non-hydrogen) atoms. The van der Waals surface area contributed by atoms with Gasteiger partial charge in [0.2, 0.25) is 0 Å². The van der Waals surface area contributed by atoms with Gasteiger partial charge in [-0.1, -0.05) is 12.1 Å². The number of aromatic nitrogens is 1. The van der Waals surface area contributed by atoms with Crippen molar-refractivity contribution in [3.8, 4) is 5.75 Å². The molecule has 2 aromatic rings. The summed E-state index contributed by atoms with van der Waals surface area (Å²) in [6.07, 6.45) is 0. The van der Waals surface area contributed by atoms with Crippen LogP contribution in [0.25, 0.3) is 0 Å². The minimum absolute atomic E-state index is 0.464. The van der Waals surface area contributed by atoms with Crippen LogP contribution in [0.1, 0.15) is 16.3 Å². The fourth-order valence-electron chi connectivity index (χ4n) is 1.48. The number of ether oxygens (including phenoxy) is 1. The fourth-order valence-corrected chi connectivity index (χ4v) is 2.68. The van der Waals surface area contributed by atoms with E-state index in [1.165, 1.54) is 0 Å². The van der Waals surface area contributed by atoms with Gasteiger partial charge in [-0.15, -0.1) is 11.3 Å². The van der Waals surface area contributed by atoms with Crippen molar-refractivity contribution in [3.63, 3.8) is 0 Å². The summed E-state index contributed by atoms with van der Waals surface area (Å²) in [5, 5.41) is 2.99. The van der Waals surface area contributed by atoms with Gasteiger partial charge in [-0.2, -0.15) is 0 Å². The fraction of sp³-hybridized carbons (Fsp3) is 0.250. The first-order valence-corrected chi connectivity index (χ1v) is 6.89. The molecule has 0 aliphatic carbocycles. The number of aryl methyl sites for hydroxylation is 1. The van der Waals surface area contributed by atoms with Crippen LogP contribution in [0.2, 0.25) is 0 Å². The third-order valence-electron chi connectivity index (χ3n) is 2.27. The van der Waals surface area contributed by atoms with Gasteiger partial charge in [0.05, 0.1) is 4.47 Å². The number of halogens is 1. The Morgan fingerprint density at radius 3 is 2.94 bits per heavy atom. The summed E-state index contributed by atoms with van der Waals surface area (Å²) in [5.41, 5.74) is 7.70. The monoisotopic (exact) mass is 312 g/mol. The Labute approximate surface area is 113 Å². The van der Waals surface area contributed by atoms with Gasteiger partial charge in [-0.3, -0.25) is 0 Å². The smallest absolute Gasteiger partial charge is 0.140 e. The zero-order valence-electron chi connectivity index (χ0n) is 9.44. The van der Waals surface area contributed by atoms with Gasteiger partial charge in [0.15, 0.2) is 0 Å². The van der Waals surface area contributed by atoms with E-state index in [-0.39, 0.29) is 0 Å². The van der Waals surface area contributed by atoms with Crippen molar-refractivity contribution in [1.29, 1.82) is 0 Å². The van der Waals surface area contributed by atoms with E-state index in [2.05, 4.69) is 20.9 Å². The van der Waals surface area contributed by atoms with Crippen LogP contribution in [-0.4, -0.2) is 4.98 Å². The van der Waals surface area contributed by atoms with E-state index in [1.807, 2.05) is 30.5 Å². The minimum Gasteiger partial charge on any atom is -0.485 e. The third kappa shape index (κ3) is 3.06. The summed E-state index contributed by atoms with van der Waals surface area (Å²) in [5.74, 6) is 0.808. The topological polar surface area (TPSA) is 48.1 Å². The Bertz CT molecular complexity index is 513. The average molecular weight is 313 g/mol. The first-order chi connectivity index (χ1) is 8.20. The summed E-state index contributed by atoms with van der Waals surface area (Å²) >= 11 is 5.07. The molecular formula is C12H13BrN2OS. The molecule has 90 valence electrons. The molecule has 0 aliphatic rings. The van der Waals surface area contributed by atoms with E-state index < -0.39 is 0 Å². The number of para-hydroxylation sites is 1. The molecule has 1 aromatic heterocycles. The maximum absolute atomic E-state index is 5.78. The average Bonchev–Trinajstić information content (AvgIpc) is 2.73. The zero-order valence-corrected chi connectivity index (χ0v) is 11.8. The van der Waals surface area contributed by atoms with Gasteiger partial charge in [-0.25, -0.2) is 4.98 Å². The molecule has 0 amide bonds. The van der Waals surface area contributed by atoms with Gasteiger partial charge < -0.3 is 10.5 Å². The number of hydrogen-bond donors (Lipinski definition) is 1. The molecule has 0 aliphatic heterocycles. The second kappa shape index (κ2) is 5.62. The van der Waals surface area contributed by atoms with E-state index in [0.717, 1.165) is 26.5 Å². The SMILES string of the molecule is Cc1csc(COc2c(Br)cccc2CN)n1. The number of hydrogen-bond acceptors (Lipinski definition) is 4. The third-order valence-corrected chi connectivity index (χ3v) is 3.84. The highest BCUT2D eigenvalue weighted by Crippen LogP contribution is 2.29. The molecular weight excluding hydrogens is 300 g/mol. The lowest BCUT2D eigenvalue weighted by atomic mass is 10.2. The molecule has 0 radical (unpaired) electrons. The lowest BCUT2D eigenvalue weighted by molar-refractivity contribution is 0.300. The first kappa shape index (κ1) is 12.5. The maximum atomic E-state index is 5.78. The van der Waals surface area contributed by atoms with Gasteiger partial charge in [0.25, 0.3) is 0 Å². The molecule has 2 rings (SSSR count). The Morgan fingerprint density at radius 1 is 1.47 bits per heavy atom. The quantitative estimate of drug-likeness (QED) is 0.942.